The number of carbonyl (C=O) groups is 1. The Morgan fingerprint density at radius 1 is 1.32 bits per heavy atom. The molecule has 1 N–H and O–H groups in total. The van der Waals surface area contributed by atoms with E-state index < -0.39 is 18.6 Å². The Morgan fingerprint density at radius 3 is 2.64 bits per heavy atom. The minimum Gasteiger partial charge on any atom is -0.346 e. The fourth-order valence-corrected chi connectivity index (χ4v) is 2.24. The summed E-state index contributed by atoms with van der Waals surface area (Å²) in [7, 11) is 0. The van der Waals surface area contributed by atoms with Gasteiger partial charge in [-0.1, -0.05) is 23.4 Å². The number of nitrogens with one attached hydrogen (secondary N) is 1. The van der Waals surface area contributed by atoms with Crippen molar-refractivity contribution in [3.8, 4) is 5.69 Å². The third-order valence-corrected chi connectivity index (χ3v) is 3.50. The van der Waals surface area contributed by atoms with E-state index in [-0.39, 0.29) is 10.9 Å². The zero-order chi connectivity index (χ0) is 16.2. The van der Waals surface area contributed by atoms with Gasteiger partial charge >= 0.3 is 6.18 Å². The standard InChI is InChI=1S/C11H9ClF3N5OS/c12-7-1-3-8(4-2-7)20-10(17-18-19-20)22-5-9(21)16-6-11(13,14)15/h1-4H,5-6H2,(H,16,21). The summed E-state index contributed by atoms with van der Waals surface area (Å²) in [4.78, 5) is 11.4. The van der Waals surface area contributed by atoms with Crippen LogP contribution in [0.2, 0.25) is 5.02 Å². The lowest BCUT2D eigenvalue weighted by Crippen LogP contribution is -2.34. The van der Waals surface area contributed by atoms with Crippen molar-refractivity contribution < 1.29 is 18.0 Å². The number of carbonyl (C=O) groups excluding carboxylic acids is 1. The molecule has 2 aromatic rings. The number of nitrogens with zero attached hydrogens (tertiary/aromatic N) is 4. The normalized spacial score (nSPS) is 11.5. The zero-order valence-electron chi connectivity index (χ0n) is 10.8. The fraction of sp³-hybridized carbons (Fsp3) is 0.273. The molecule has 0 aliphatic carbocycles. The summed E-state index contributed by atoms with van der Waals surface area (Å²) in [6.45, 7) is -1.37. The summed E-state index contributed by atoms with van der Waals surface area (Å²) in [5.41, 5.74) is 0.618. The molecule has 1 aromatic heterocycles. The molecule has 1 amide bonds. The number of aromatic nitrogens is 4. The molecular formula is C11H9ClF3N5OS. The number of hydrogen-bond donors (Lipinski definition) is 1. The molecule has 0 saturated carbocycles. The molecule has 0 unspecified atom stereocenters. The van der Waals surface area contributed by atoms with Crippen LogP contribution in [0.4, 0.5) is 13.2 Å². The van der Waals surface area contributed by atoms with E-state index in [0.29, 0.717) is 10.7 Å². The first kappa shape index (κ1) is 16.6. The molecule has 1 aromatic carbocycles. The highest BCUT2D eigenvalue weighted by molar-refractivity contribution is 7.99. The number of amides is 1. The Hall–Kier alpha value is -1.81. The molecule has 22 heavy (non-hydrogen) atoms. The maximum Gasteiger partial charge on any atom is 0.405 e. The van der Waals surface area contributed by atoms with Crippen LogP contribution in [0.25, 0.3) is 5.69 Å². The average Bonchev–Trinajstić information content (AvgIpc) is 2.91. The third kappa shape index (κ3) is 4.88. The van der Waals surface area contributed by atoms with Crippen LogP contribution in [0, 0.1) is 0 Å². The van der Waals surface area contributed by atoms with E-state index in [4.69, 9.17) is 11.6 Å². The lowest BCUT2D eigenvalue weighted by molar-refractivity contribution is -0.136. The van der Waals surface area contributed by atoms with Gasteiger partial charge in [-0.25, -0.2) is 0 Å². The molecule has 0 aliphatic heterocycles. The molecule has 0 aliphatic rings. The number of benzene rings is 1. The summed E-state index contributed by atoms with van der Waals surface area (Å²) < 4.78 is 37.3. The first-order valence-corrected chi connectivity index (χ1v) is 7.22. The van der Waals surface area contributed by atoms with E-state index in [1.807, 2.05) is 0 Å². The number of thioether (sulfide) groups is 1. The largest absolute Gasteiger partial charge is 0.405 e. The highest BCUT2D eigenvalue weighted by Crippen LogP contribution is 2.19. The molecule has 118 valence electrons. The average molecular weight is 352 g/mol. The van der Waals surface area contributed by atoms with Gasteiger partial charge in [-0.2, -0.15) is 17.9 Å². The molecular weight excluding hydrogens is 343 g/mol. The second kappa shape index (κ2) is 6.97. The van der Waals surface area contributed by atoms with Gasteiger partial charge in [-0.15, -0.1) is 5.10 Å². The van der Waals surface area contributed by atoms with E-state index in [9.17, 15) is 18.0 Å². The highest BCUT2D eigenvalue weighted by atomic mass is 35.5. The van der Waals surface area contributed by atoms with Crippen LogP contribution < -0.4 is 5.32 Å². The van der Waals surface area contributed by atoms with Gasteiger partial charge in [0.2, 0.25) is 11.1 Å². The van der Waals surface area contributed by atoms with Gasteiger partial charge in [0, 0.05) is 5.02 Å². The smallest absolute Gasteiger partial charge is 0.346 e. The number of hydrogen-bond acceptors (Lipinski definition) is 5. The van der Waals surface area contributed by atoms with Crippen molar-refractivity contribution in [2.45, 2.75) is 11.3 Å². The number of tetrazole rings is 1. The van der Waals surface area contributed by atoms with Crippen molar-refractivity contribution in [1.82, 2.24) is 25.5 Å². The number of halogens is 4. The molecule has 1 heterocycles. The van der Waals surface area contributed by atoms with Crippen LogP contribution in [-0.2, 0) is 4.79 Å². The van der Waals surface area contributed by atoms with Gasteiger partial charge in [0.05, 0.1) is 11.4 Å². The fourth-order valence-electron chi connectivity index (χ4n) is 1.39. The second-order valence-corrected chi connectivity index (χ2v) is 5.41. The van der Waals surface area contributed by atoms with Crippen molar-refractivity contribution in [2.75, 3.05) is 12.3 Å². The van der Waals surface area contributed by atoms with Crippen LogP contribution in [0.1, 0.15) is 0 Å². The summed E-state index contributed by atoms with van der Waals surface area (Å²) in [5, 5.41) is 13.6. The Balaban J connectivity index is 1.96. The Morgan fingerprint density at radius 2 is 2.00 bits per heavy atom. The molecule has 0 spiro atoms. The van der Waals surface area contributed by atoms with E-state index in [2.05, 4.69) is 15.5 Å². The van der Waals surface area contributed by atoms with Crippen LogP contribution in [-0.4, -0.2) is 44.6 Å². The van der Waals surface area contributed by atoms with Crippen molar-refractivity contribution >= 4 is 29.3 Å². The lowest BCUT2D eigenvalue weighted by Gasteiger charge is -2.08. The summed E-state index contributed by atoms with van der Waals surface area (Å²) in [6.07, 6.45) is -4.44. The van der Waals surface area contributed by atoms with Gasteiger partial charge in [0.1, 0.15) is 6.54 Å². The van der Waals surface area contributed by atoms with Crippen molar-refractivity contribution in [3.05, 3.63) is 29.3 Å². The predicted octanol–water partition coefficient (Wildman–Crippen LogP) is 2.09. The molecule has 0 atom stereocenters. The van der Waals surface area contributed by atoms with Crippen molar-refractivity contribution in [2.24, 2.45) is 0 Å². The second-order valence-electron chi connectivity index (χ2n) is 4.03. The van der Waals surface area contributed by atoms with Gasteiger partial charge in [0.15, 0.2) is 0 Å². The van der Waals surface area contributed by atoms with E-state index >= 15 is 0 Å². The van der Waals surface area contributed by atoms with Crippen LogP contribution in [0.3, 0.4) is 0 Å². The van der Waals surface area contributed by atoms with Crippen molar-refractivity contribution in [1.29, 1.82) is 0 Å². The lowest BCUT2D eigenvalue weighted by atomic mass is 10.3. The molecule has 0 fully saturated rings. The highest BCUT2D eigenvalue weighted by Gasteiger charge is 2.27. The molecule has 0 saturated heterocycles. The van der Waals surface area contributed by atoms with Gasteiger partial charge < -0.3 is 5.32 Å². The maximum absolute atomic E-state index is 12.0. The molecule has 11 heteroatoms. The zero-order valence-corrected chi connectivity index (χ0v) is 12.4. The molecule has 0 bridgehead atoms. The minimum absolute atomic E-state index is 0.232. The summed E-state index contributed by atoms with van der Waals surface area (Å²) >= 11 is 6.70. The van der Waals surface area contributed by atoms with Gasteiger partial charge in [-0.3, -0.25) is 4.79 Å². The summed E-state index contributed by atoms with van der Waals surface area (Å²) in [5.74, 6) is -0.989. The first-order valence-electron chi connectivity index (χ1n) is 5.86. The maximum atomic E-state index is 12.0. The summed E-state index contributed by atoms with van der Waals surface area (Å²) in [6, 6.07) is 6.63. The predicted molar refractivity (Wildman–Crippen MR) is 74.0 cm³/mol. The van der Waals surface area contributed by atoms with Gasteiger partial charge in [0.25, 0.3) is 0 Å². The van der Waals surface area contributed by atoms with E-state index in [1.54, 1.807) is 29.6 Å². The quantitative estimate of drug-likeness (QED) is 0.835. The Labute approximate surface area is 132 Å². The monoisotopic (exact) mass is 351 g/mol. The van der Waals surface area contributed by atoms with E-state index in [0.717, 1.165) is 11.8 Å². The SMILES string of the molecule is O=C(CSc1nnnn1-c1ccc(Cl)cc1)NCC(F)(F)F. The molecule has 2 rings (SSSR count). The van der Waals surface area contributed by atoms with Crippen LogP contribution >= 0.6 is 23.4 Å². The Bertz CT molecular complexity index is 646. The Kier molecular flexibility index (Phi) is 5.24. The topological polar surface area (TPSA) is 72.7 Å². The minimum atomic E-state index is -4.44. The van der Waals surface area contributed by atoms with Crippen molar-refractivity contribution in [3.63, 3.8) is 0 Å². The van der Waals surface area contributed by atoms with Gasteiger partial charge in [-0.05, 0) is 34.7 Å². The third-order valence-electron chi connectivity index (χ3n) is 2.33. The van der Waals surface area contributed by atoms with Crippen LogP contribution in [0.5, 0.6) is 0 Å². The molecule has 0 radical (unpaired) electrons. The van der Waals surface area contributed by atoms with E-state index in [1.165, 1.54) is 4.68 Å². The molecule has 6 nitrogen and oxygen atoms in total. The van der Waals surface area contributed by atoms with Crippen LogP contribution in [0.15, 0.2) is 29.4 Å². The number of alkyl halides is 3. The first-order chi connectivity index (χ1) is 10.3. The number of rotatable bonds is 5.